The maximum atomic E-state index is 10.0. The van der Waals surface area contributed by atoms with Gasteiger partial charge in [0, 0.05) is 11.3 Å². The summed E-state index contributed by atoms with van der Waals surface area (Å²) in [5.41, 5.74) is 2.72. The Morgan fingerprint density at radius 3 is 2.89 bits per heavy atom. The van der Waals surface area contributed by atoms with Crippen molar-refractivity contribution < 1.29 is 9.84 Å². The molecule has 100 valence electrons. The summed E-state index contributed by atoms with van der Waals surface area (Å²) in [5, 5.41) is 16.7. The molecule has 5 heteroatoms. The number of thiocarbonyl (C=S) groups is 1. The predicted octanol–water partition coefficient (Wildman–Crippen LogP) is 1.95. The zero-order chi connectivity index (χ0) is 13.8. The molecule has 0 aromatic heterocycles. The van der Waals surface area contributed by atoms with Gasteiger partial charge in [0.1, 0.15) is 0 Å². The minimum atomic E-state index is 0.164. The van der Waals surface area contributed by atoms with Gasteiger partial charge in [0.2, 0.25) is 0 Å². The van der Waals surface area contributed by atoms with Crippen LogP contribution in [0.1, 0.15) is 11.1 Å². The number of nitrogens with one attached hydrogen (secondary N) is 2. The van der Waals surface area contributed by atoms with E-state index in [1.807, 2.05) is 12.1 Å². The maximum absolute atomic E-state index is 10.0. The van der Waals surface area contributed by atoms with Crippen LogP contribution in [-0.2, 0) is 6.42 Å². The van der Waals surface area contributed by atoms with E-state index in [1.165, 1.54) is 7.11 Å². The second-order valence-corrected chi connectivity index (χ2v) is 4.61. The van der Waals surface area contributed by atoms with E-state index in [1.54, 1.807) is 12.1 Å². The summed E-state index contributed by atoms with van der Waals surface area (Å²) in [5.74, 6) is 0.623. The van der Waals surface area contributed by atoms with Crippen molar-refractivity contribution in [3.05, 3.63) is 41.6 Å². The fourth-order valence-corrected chi connectivity index (χ4v) is 2.14. The van der Waals surface area contributed by atoms with Crippen molar-refractivity contribution in [2.24, 2.45) is 0 Å². The molecule has 1 aliphatic rings. The number of phenolic OH excluding ortho intramolecular Hbond substituents is 1. The van der Waals surface area contributed by atoms with Gasteiger partial charge >= 0.3 is 0 Å². The van der Waals surface area contributed by atoms with Gasteiger partial charge in [-0.1, -0.05) is 6.08 Å². The van der Waals surface area contributed by atoms with Crippen molar-refractivity contribution in [2.75, 3.05) is 13.7 Å². The highest BCUT2D eigenvalue weighted by Gasteiger charge is 2.12. The molecule has 1 aromatic rings. The van der Waals surface area contributed by atoms with Crippen LogP contribution >= 0.6 is 12.2 Å². The summed E-state index contributed by atoms with van der Waals surface area (Å²) in [6.45, 7) is 4.37. The Balaban J connectivity index is 2.37. The van der Waals surface area contributed by atoms with Gasteiger partial charge in [0.15, 0.2) is 16.6 Å². The molecule has 0 saturated carbocycles. The number of ether oxygens (including phenoxy) is 1. The minimum Gasteiger partial charge on any atom is -0.504 e. The average molecular weight is 276 g/mol. The third-order valence-electron chi connectivity index (χ3n) is 2.81. The first kappa shape index (κ1) is 13.4. The largest absolute Gasteiger partial charge is 0.504 e. The molecule has 0 bridgehead atoms. The molecule has 1 aromatic carbocycles. The van der Waals surface area contributed by atoms with E-state index in [2.05, 4.69) is 17.2 Å². The molecule has 0 aliphatic carbocycles. The molecule has 0 unspecified atom stereocenters. The molecule has 2 rings (SSSR count). The second-order valence-electron chi connectivity index (χ2n) is 4.20. The van der Waals surface area contributed by atoms with Crippen molar-refractivity contribution in [1.82, 2.24) is 10.6 Å². The fourth-order valence-electron chi connectivity index (χ4n) is 1.94. The highest BCUT2D eigenvalue weighted by Crippen LogP contribution is 2.32. The van der Waals surface area contributed by atoms with Crippen LogP contribution in [0, 0.1) is 0 Å². The fraction of sp³-hybridized carbons (Fsp3) is 0.214. The van der Waals surface area contributed by atoms with Crippen molar-refractivity contribution in [1.29, 1.82) is 0 Å². The van der Waals surface area contributed by atoms with Crippen molar-refractivity contribution >= 4 is 23.4 Å². The van der Waals surface area contributed by atoms with E-state index < -0.39 is 0 Å². The van der Waals surface area contributed by atoms with E-state index in [0.717, 1.165) is 16.8 Å². The van der Waals surface area contributed by atoms with Gasteiger partial charge in [0.05, 0.1) is 13.7 Å². The van der Waals surface area contributed by atoms with Crippen molar-refractivity contribution in [2.45, 2.75) is 6.42 Å². The second kappa shape index (κ2) is 5.75. The molecule has 0 radical (unpaired) electrons. The van der Waals surface area contributed by atoms with Gasteiger partial charge in [0.25, 0.3) is 0 Å². The number of hydrogen-bond acceptors (Lipinski definition) is 3. The zero-order valence-electron chi connectivity index (χ0n) is 10.7. The van der Waals surface area contributed by atoms with Crippen LogP contribution in [0.5, 0.6) is 11.5 Å². The lowest BCUT2D eigenvalue weighted by Gasteiger charge is -2.10. The summed E-state index contributed by atoms with van der Waals surface area (Å²) in [6, 6.07) is 3.70. The van der Waals surface area contributed by atoms with Gasteiger partial charge < -0.3 is 20.5 Å². The molecule has 1 saturated heterocycles. The molecule has 4 nitrogen and oxygen atoms in total. The number of methoxy groups -OCH3 is 1. The van der Waals surface area contributed by atoms with Crippen LogP contribution in [0.15, 0.2) is 30.5 Å². The van der Waals surface area contributed by atoms with E-state index in [-0.39, 0.29) is 5.75 Å². The van der Waals surface area contributed by atoms with E-state index >= 15 is 0 Å². The first-order chi connectivity index (χ1) is 9.13. The number of rotatable bonds is 4. The van der Waals surface area contributed by atoms with Gasteiger partial charge in [-0.2, -0.15) is 0 Å². The molecule has 0 spiro atoms. The van der Waals surface area contributed by atoms with Gasteiger partial charge in [-0.25, -0.2) is 0 Å². The molecule has 0 amide bonds. The third kappa shape index (κ3) is 3.06. The molecule has 0 atom stereocenters. The number of allylic oxidation sites excluding steroid dienone is 1. The van der Waals surface area contributed by atoms with E-state index in [9.17, 15) is 5.11 Å². The Bertz CT molecular complexity index is 553. The Morgan fingerprint density at radius 1 is 1.53 bits per heavy atom. The lowest BCUT2D eigenvalue weighted by molar-refractivity contribution is 0.371. The average Bonchev–Trinajstić information content (AvgIpc) is 2.79. The van der Waals surface area contributed by atoms with Crippen LogP contribution < -0.4 is 15.4 Å². The molecule has 3 N–H and O–H groups in total. The molecule has 1 heterocycles. The van der Waals surface area contributed by atoms with Crippen LogP contribution in [-0.4, -0.2) is 23.9 Å². The molecule has 19 heavy (non-hydrogen) atoms. The topological polar surface area (TPSA) is 53.5 Å². The Labute approximate surface area is 117 Å². The summed E-state index contributed by atoms with van der Waals surface area (Å²) < 4.78 is 5.18. The third-order valence-corrected chi connectivity index (χ3v) is 3.06. The summed E-state index contributed by atoms with van der Waals surface area (Å²) in [4.78, 5) is 0. The molecule has 1 fully saturated rings. The Kier molecular flexibility index (Phi) is 4.06. The van der Waals surface area contributed by atoms with Crippen LogP contribution in [0.4, 0.5) is 0 Å². The quantitative estimate of drug-likeness (QED) is 0.580. The maximum Gasteiger partial charge on any atom is 0.170 e. The smallest absolute Gasteiger partial charge is 0.170 e. The summed E-state index contributed by atoms with van der Waals surface area (Å²) in [6.07, 6.45) is 4.31. The highest BCUT2D eigenvalue weighted by molar-refractivity contribution is 7.80. The Morgan fingerprint density at radius 2 is 2.32 bits per heavy atom. The predicted molar refractivity (Wildman–Crippen MR) is 80.3 cm³/mol. The van der Waals surface area contributed by atoms with Crippen LogP contribution in [0.25, 0.3) is 6.08 Å². The van der Waals surface area contributed by atoms with E-state index in [0.29, 0.717) is 23.8 Å². The lowest BCUT2D eigenvalue weighted by atomic mass is 10.0. The zero-order valence-corrected chi connectivity index (χ0v) is 11.5. The monoisotopic (exact) mass is 276 g/mol. The van der Waals surface area contributed by atoms with Crippen LogP contribution in [0.3, 0.4) is 0 Å². The van der Waals surface area contributed by atoms with E-state index in [4.69, 9.17) is 17.0 Å². The Hall–Kier alpha value is -2.01. The van der Waals surface area contributed by atoms with Gasteiger partial charge in [-0.3, -0.25) is 0 Å². The van der Waals surface area contributed by atoms with Gasteiger partial charge in [-0.05, 0) is 42.4 Å². The van der Waals surface area contributed by atoms with Crippen LogP contribution in [0.2, 0.25) is 0 Å². The highest BCUT2D eigenvalue weighted by atomic mass is 32.1. The molecule has 1 aliphatic heterocycles. The number of hydrogen-bond donors (Lipinski definition) is 3. The first-order valence-electron chi connectivity index (χ1n) is 5.90. The molecular weight excluding hydrogens is 260 g/mol. The first-order valence-corrected chi connectivity index (χ1v) is 6.31. The van der Waals surface area contributed by atoms with Crippen molar-refractivity contribution in [3.63, 3.8) is 0 Å². The molecular formula is C14H16N2O2S. The van der Waals surface area contributed by atoms with Crippen molar-refractivity contribution in [3.8, 4) is 11.5 Å². The normalized spacial score (nSPS) is 16.1. The lowest BCUT2D eigenvalue weighted by Crippen LogP contribution is -2.19. The van der Waals surface area contributed by atoms with Gasteiger partial charge in [-0.15, -0.1) is 6.58 Å². The number of benzene rings is 1. The number of phenols is 1. The minimum absolute atomic E-state index is 0.164. The summed E-state index contributed by atoms with van der Waals surface area (Å²) in [7, 11) is 1.54. The summed E-state index contributed by atoms with van der Waals surface area (Å²) >= 11 is 5.01. The number of aromatic hydroxyl groups is 1. The standard InChI is InChI=1S/C14H16N2O2S/c1-3-4-10-5-9(7-12(18-2)13(10)17)6-11-8-15-14(19)16-11/h3,5-7,17H,1,4,8H2,2H3,(H2,15,16,19)/b11-6+. The SMILES string of the molecule is C=CCc1cc(/C=C2\CNC(=S)N2)cc(OC)c1O.